The Bertz CT molecular complexity index is 377. The molecule has 92 valence electrons. The first kappa shape index (κ1) is 13.6. The van der Waals surface area contributed by atoms with Gasteiger partial charge in [0.15, 0.2) is 0 Å². The molecule has 1 N–H and O–H groups in total. The fourth-order valence-electron chi connectivity index (χ4n) is 1.28. The molecule has 0 saturated carbocycles. The maximum Gasteiger partial charge on any atom is 0.120 e. The Labute approximate surface area is 102 Å². The lowest BCUT2D eigenvalue weighted by atomic mass is 10.2. The van der Waals surface area contributed by atoms with Crippen LogP contribution in [0, 0.1) is 11.8 Å². The summed E-state index contributed by atoms with van der Waals surface area (Å²) in [5.74, 6) is 6.67. The van der Waals surface area contributed by atoms with Crippen LogP contribution in [0.25, 0.3) is 0 Å². The standard InChI is InChI=1S/C14H18O3/c1-16-10-5-11-17-14-8-4-7-13(12-14)6-2-3-9-15/h4,7-8,12,15H,3,5,9-11H2,1H3. The van der Waals surface area contributed by atoms with Crippen molar-refractivity contribution in [3.05, 3.63) is 29.8 Å². The lowest BCUT2D eigenvalue weighted by Gasteiger charge is -2.05. The molecule has 1 rings (SSSR count). The molecule has 0 atom stereocenters. The van der Waals surface area contributed by atoms with Crippen LogP contribution in [0.15, 0.2) is 24.3 Å². The number of ether oxygens (including phenoxy) is 2. The highest BCUT2D eigenvalue weighted by atomic mass is 16.5. The van der Waals surface area contributed by atoms with Crippen molar-refractivity contribution in [1.82, 2.24) is 0 Å². The van der Waals surface area contributed by atoms with E-state index in [4.69, 9.17) is 14.6 Å². The molecule has 1 aromatic carbocycles. The molecular weight excluding hydrogens is 216 g/mol. The third-order valence-electron chi connectivity index (χ3n) is 2.07. The molecule has 0 unspecified atom stereocenters. The van der Waals surface area contributed by atoms with Crippen molar-refractivity contribution in [1.29, 1.82) is 0 Å². The predicted molar refractivity (Wildman–Crippen MR) is 67.0 cm³/mol. The predicted octanol–water partition coefficient (Wildman–Crippen LogP) is 1.84. The smallest absolute Gasteiger partial charge is 0.120 e. The Morgan fingerprint density at radius 1 is 1.29 bits per heavy atom. The molecule has 0 fully saturated rings. The van der Waals surface area contributed by atoms with Gasteiger partial charge in [-0.1, -0.05) is 17.9 Å². The van der Waals surface area contributed by atoms with Gasteiger partial charge in [0.1, 0.15) is 5.75 Å². The molecule has 3 nitrogen and oxygen atoms in total. The largest absolute Gasteiger partial charge is 0.493 e. The van der Waals surface area contributed by atoms with Crippen LogP contribution in [0.3, 0.4) is 0 Å². The summed E-state index contributed by atoms with van der Waals surface area (Å²) in [5.41, 5.74) is 0.905. The normalized spacial score (nSPS) is 9.53. The Morgan fingerprint density at radius 3 is 2.94 bits per heavy atom. The van der Waals surface area contributed by atoms with Crippen molar-refractivity contribution in [2.45, 2.75) is 12.8 Å². The lowest BCUT2D eigenvalue weighted by molar-refractivity contribution is 0.172. The molecule has 0 aliphatic rings. The first-order valence-electron chi connectivity index (χ1n) is 5.68. The van der Waals surface area contributed by atoms with Gasteiger partial charge in [-0.05, 0) is 18.2 Å². The van der Waals surface area contributed by atoms with Crippen LogP contribution in [0.4, 0.5) is 0 Å². The second kappa shape index (κ2) is 8.63. The van der Waals surface area contributed by atoms with Gasteiger partial charge in [-0.3, -0.25) is 0 Å². The molecule has 3 heteroatoms. The fraction of sp³-hybridized carbons (Fsp3) is 0.429. The summed E-state index contributed by atoms with van der Waals surface area (Å²) in [6.45, 7) is 1.44. The molecule has 0 spiro atoms. The highest BCUT2D eigenvalue weighted by Gasteiger charge is 1.94. The second-order valence-corrected chi connectivity index (χ2v) is 3.50. The van der Waals surface area contributed by atoms with Gasteiger partial charge in [0.2, 0.25) is 0 Å². The van der Waals surface area contributed by atoms with Crippen LogP contribution in [0.2, 0.25) is 0 Å². The number of hydrogen-bond donors (Lipinski definition) is 1. The minimum atomic E-state index is 0.0974. The van der Waals surface area contributed by atoms with Crippen molar-refractivity contribution in [3.63, 3.8) is 0 Å². The first-order valence-corrected chi connectivity index (χ1v) is 5.68. The van der Waals surface area contributed by atoms with E-state index in [-0.39, 0.29) is 6.61 Å². The van der Waals surface area contributed by atoms with Crippen molar-refractivity contribution in [2.24, 2.45) is 0 Å². The van der Waals surface area contributed by atoms with Gasteiger partial charge >= 0.3 is 0 Å². The zero-order valence-electron chi connectivity index (χ0n) is 10.1. The third kappa shape index (κ3) is 5.96. The van der Waals surface area contributed by atoms with E-state index in [1.54, 1.807) is 7.11 Å². The fourth-order valence-corrected chi connectivity index (χ4v) is 1.28. The summed E-state index contributed by atoms with van der Waals surface area (Å²) in [6, 6.07) is 7.64. The van der Waals surface area contributed by atoms with Crippen LogP contribution in [0.1, 0.15) is 18.4 Å². The van der Waals surface area contributed by atoms with Crippen LogP contribution in [0.5, 0.6) is 5.75 Å². The van der Waals surface area contributed by atoms with Crippen molar-refractivity contribution >= 4 is 0 Å². The number of rotatable bonds is 6. The quantitative estimate of drug-likeness (QED) is 0.603. The van der Waals surface area contributed by atoms with Gasteiger partial charge in [-0.25, -0.2) is 0 Å². The molecular formula is C14H18O3. The van der Waals surface area contributed by atoms with Crippen LogP contribution >= 0.6 is 0 Å². The summed E-state index contributed by atoms with van der Waals surface area (Å²) in [6.07, 6.45) is 1.37. The molecule has 0 radical (unpaired) electrons. The number of hydrogen-bond acceptors (Lipinski definition) is 3. The van der Waals surface area contributed by atoms with Gasteiger partial charge in [0, 0.05) is 32.1 Å². The second-order valence-electron chi connectivity index (χ2n) is 3.50. The van der Waals surface area contributed by atoms with Crippen LogP contribution in [-0.2, 0) is 4.74 Å². The molecule has 0 saturated heterocycles. The highest BCUT2D eigenvalue weighted by Crippen LogP contribution is 2.12. The number of aliphatic hydroxyl groups is 1. The van der Waals surface area contributed by atoms with E-state index < -0.39 is 0 Å². The van der Waals surface area contributed by atoms with Gasteiger partial charge < -0.3 is 14.6 Å². The Balaban J connectivity index is 2.46. The highest BCUT2D eigenvalue weighted by molar-refractivity contribution is 5.39. The van der Waals surface area contributed by atoms with Crippen LogP contribution in [-0.4, -0.2) is 32.0 Å². The van der Waals surface area contributed by atoms with E-state index >= 15 is 0 Å². The van der Waals surface area contributed by atoms with Gasteiger partial charge in [-0.2, -0.15) is 0 Å². The summed E-state index contributed by atoms with van der Waals surface area (Å²) >= 11 is 0. The molecule has 0 bridgehead atoms. The van der Waals surface area contributed by atoms with E-state index in [9.17, 15) is 0 Å². The van der Waals surface area contributed by atoms with E-state index in [0.717, 1.165) is 17.7 Å². The Kier molecular flexibility index (Phi) is 6.89. The zero-order valence-corrected chi connectivity index (χ0v) is 10.1. The average Bonchev–Trinajstić information content (AvgIpc) is 2.36. The minimum absolute atomic E-state index is 0.0974. The molecule has 0 heterocycles. The number of methoxy groups -OCH3 is 1. The Hall–Kier alpha value is -1.50. The first-order chi connectivity index (χ1) is 8.36. The van der Waals surface area contributed by atoms with E-state index in [1.165, 1.54) is 0 Å². The van der Waals surface area contributed by atoms with Crippen LogP contribution < -0.4 is 4.74 Å². The van der Waals surface area contributed by atoms with Crippen molar-refractivity contribution in [3.8, 4) is 17.6 Å². The summed E-state index contributed by atoms with van der Waals surface area (Å²) in [5, 5.41) is 8.63. The maximum absolute atomic E-state index is 8.63. The van der Waals surface area contributed by atoms with Crippen molar-refractivity contribution < 1.29 is 14.6 Å². The number of aliphatic hydroxyl groups excluding tert-OH is 1. The molecule has 17 heavy (non-hydrogen) atoms. The van der Waals surface area contributed by atoms with E-state index in [0.29, 0.717) is 19.6 Å². The van der Waals surface area contributed by atoms with E-state index in [2.05, 4.69) is 11.8 Å². The molecule has 0 aromatic heterocycles. The Morgan fingerprint density at radius 2 is 2.18 bits per heavy atom. The maximum atomic E-state index is 8.63. The molecule has 0 aliphatic carbocycles. The van der Waals surface area contributed by atoms with E-state index in [1.807, 2.05) is 24.3 Å². The summed E-state index contributed by atoms with van der Waals surface area (Å²) in [4.78, 5) is 0. The number of benzene rings is 1. The summed E-state index contributed by atoms with van der Waals surface area (Å²) < 4.78 is 10.5. The van der Waals surface area contributed by atoms with Gasteiger partial charge in [-0.15, -0.1) is 0 Å². The minimum Gasteiger partial charge on any atom is -0.493 e. The SMILES string of the molecule is COCCCOc1cccc(C#CCCO)c1. The van der Waals surface area contributed by atoms with Gasteiger partial charge in [0.25, 0.3) is 0 Å². The molecule has 0 aliphatic heterocycles. The molecule has 0 amide bonds. The van der Waals surface area contributed by atoms with Gasteiger partial charge in [0.05, 0.1) is 13.2 Å². The molecule has 1 aromatic rings. The topological polar surface area (TPSA) is 38.7 Å². The average molecular weight is 234 g/mol. The third-order valence-corrected chi connectivity index (χ3v) is 2.07. The van der Waals surface area contributed by atoms with Crippen molar-refractivity contribution in [2.75, 3.05) is 26.9 Å². The monoisotopic (exact) mass is 234 g/mol. The summed E-state index contributed by atoms with van der Waals surface area (Å²) in [7, 11) is 1.68. The lowest BCUT2D eigenvalue weighted by Crippen LogP contribution is -2.01. The zero-order chi connectivity index (χ0) is 12.3.